The van der Waals surface area contributed by atoms with Crippen molar-refractivity contribution in [2.24, 2.45) is 0 Å². The van der Waals surface area contributed by atoms with E-state index >= 15 is 0 Å². The molecule has 0 saturated heterocycles. The summed E-state index contributed by atoms with van der Waals surface area (Å²) in [6, 6.07) is 16.0. The average molecular weight is 349 g/mol. The van der Waals surface area contributed by atoms with Crippen LogP contribution in [-0.4, -0.2) is 4.98 Å². The van der Waals surface area contributed by atoms with Crippen molar-refractivity contribution >= 4 is 27.5 Å². The van der Waals surface area contributed by atoms with Crippen molar-refractivity contribution in [2.75, 3.05) is 0 Å². The number of hydrogen-bond acceptors (Lipinski definition) is 2. The Morgan fingerprint density at radius 3 is 2.20 bits per heavy atom. The van der Waals surface area contributed by atoms with Crippen LogP contribution in [0.3, 0.4) is 0 Å². The highest BCUT2D eigenvalue weighted by atomic mass is 79.9. The first-order valence-corrected chi connectivity index (χ1v) is 7.30. The van der Waals surface area contributed by atoms with E-state index in [9.17, 15) is 0 Å². The van der Waals surface area contributed by atoms with E-state index in [1.807, 2.05) is 48.5 Å². The van der Waals surface area contributed by atoms with Crippen LogP contribution in [0.5, 0.6) is 0 Å². The zero-order chi connectivity index (χ0) is 14.1. The molecule has 0 aliphatic heterocycles. The molecule has 2 aromatic carbocycles. The highest BCUT2D eigenvalue weighted by Gasteiger charge is 2.15. The Morgan fingerprint density at radius 1 is 0.950 bits per heavy atom. The van der Waals surface area contributed by atoms with Gasteiger partial charge in [0.05, 0.1) is 0 Å². The minimum absolute atomic E-state index is 0.151. The fourth-order valence-corrected chi connectivity index (χ4v) is 2.42. The number of halogens is 2. The summed E-state index contributed by atoms with van der Waals surface area (Å²) in [6.45, 7) is 2.05. The molecule has 0 N–H and O–H groups in total. The second kappa shape index (κ2) is 5.43. The minimum Gasteiger partial charge on any atom is -0.427 e. The Morgan fingerprint density at radius 2 is 1.55 bits per heavy atom. The zero-order valence-electron chi connectivity index (χ0n) is 10.7. The highest BCUT2D eigenvalue weighted by Crippen LogP contribution is 2.34. The monoisotopic (exact) mass is 347 g/mol. The number of aromatic nitrogens is 1. The first-order valence-electron chi connectivity index (χ1n) is 6.13. The molecule has 1 heterocycles. The molecule has 0 amide bonds. The molecule has 1 aromatic heterocycles. The summed E-state index contributed by atoms with van der Waals surface area (Å²) in [5.41, 5.74) is 3.90. The van der Waals surface area contributed by atoms with Crippen molar-refractivity contribution in [3.8, 4) is 22.6 Å². The number of rotatable bonds is 2. The van der Waals surface area contributed by atoms with E-state index in [1.54, 1.807) is 0 Å². The number of nitrogens with zero attached hydrogens (tertiary/aromatic N) is 1. The van der Waals surface area contributed by atoms with Crippen LogP contribution >= 0.6 is 27.5 Å². The summed E-state index contributed by atoms with van der Waals surface area (Å²) in [7, 11) is 0. The average Bonchev–Trinajstić information content (AvgIpc) is 2.82. The second-order valence-electron chi connectivity index (χ2n) is 4.52. The predicted molar refractivity (Wildman–Crippen MR) is 84.8 cm³/mol. The highest BCUT2D eigenvalue weighted by molar-refractivity contribution is 9.10. The van der Waals surface area contributed by atoms with E-state index in [-0.39, 0.29) is 5.35 Å². The van der Waals surface area contributed by atoms with Gasteiger partial charge in [0.2, 0.25) is 0 Å². The molecule has 100 valence electrons. The maximum atomic E-state index is 5.94. The van der Waals surface area contributed by atoms with Crippen LogP contribution in [0.1, 0.15) is 5.56 Å². The van der Waals surface area contributed by atoms with E-state index in [4.69, 9.17) is 16.0 Å². The smallest absolute Gasteiger partial charge is 0.293 e. The molecule has 4 heteroatoms. The lowest BCUT2D eigenvalue weighted by molar-refractivity contribution is 0.574. The lowest BCUT2D eigenvalue weighted by atomic mass is 10.0. The molecule has 0 spiro atoms. The molecule has 0 aliphatic rings. The normalized spacial score (nSPS) is 10.8. The van der Waals surface area contributed by atoms with E-state index in [1.165, 1.54) is 5.56 Å². The van der Waals surface area contributed by atoms with Crippen LogP contribution in [-0.2, 0) is 0 Å². The van der Waals surface area contributed by atoms with Gasteiger partial charge >= 0.3 is 0 Å². The molecule has 0 unspecified atom stereocenters. The van der Waals surface area contributed by atoms with Gasteiger partial charge in [-0.25, -0.2) is 0 Å². The van der Waals surface area contributed by atoms with E-state index < -0.39 is 0 Å². The Labute approximate surface area is 130 Å². The summed E-state index contributed by atoms with van der Waals surface area (Å²) >= 11 is 9.36. The number of aryl methyl sites for hydroxylation is 1. The third-order valence-corrected chi connectivity index (χ3v) is 3.72. The van der Waals surface area contributed by atoms with Crippen molar-refractivity contribution in [2.45, 2.75) is 6.92 Å². The quantitative estimate of drug-likeness (QED) is 0.591. The van der Waals surface area contributed by atoms with Crippen LogP contribution in [0.25, 0.3) is 22.6 Å². The molecular weight excluding hydrogens is 338 g/mol. The fraction of sp³-hybridized carbons (Fsp3) is 0.0625. The topological polar surface area (TPSA) is 26.0 Å². The summed E-state index contributed by atoms with van der Waals surface area (Å²) in [4.78, 5) is 4.30. The Bertz CT molecular complexity index is 669. The fourth-order valence-electron chi connectivity index (χ4n) is 2.00. The zero-order valence-corrected chi connectivity index (χ0v) is 13.1. The molecule has 3 aromatic rings. The van der Waals surface area contributed by atoms with E-state index in [2.05, 4.69) is 27.8 Å². The number of benzene rings is 2. The molecule has 3 rings (SSSR count). The van der Waals surface area contributed by atoms with Gasteiger partial charge in [-0.05, 0) is 30.7 Å². The summed E-state index contributed by atoms with van der Waals surface area (Å²) < 4.78 is 6.58. The van der Waals surface area contributed by atoms with Crippen molar-refractivity contribution in [3.63, 3.8) is 0 Å². The molecule has 0 saturated carbocycles. The first-order chi connectivity index (χ1) is 9.63. The van der Waals surface area contributed by atoms with Gasteiger partial charge in [0.25, 0.3) is 5.35 Å². The largest absolute Gasteiger partial charge is 0.427 e. The van der Waals surface area contributed by atoms with Gasteiger partial charge in [0.15, 0.2) is 5.76 Å². The molecular formula is C16H11BrClNO. The summed E-state index contributed by atoms with van der Waals surface area (Å²) in [5, 5.41) is 0.151. The van der Waals surface area contributed by atoms with E-state index in [0.717, 1.165) is 21.3 Å². The van der Waals surface area contributed by atoms with E-state index in [0.29, 0.717) is 5.76 Å². The van der Waals surface area contributed by atoms with Gasteiger partial charge in [0, 0.05) is 15.6 Å². The Kier molecular flexibility index (Phi) is 3.64. The van der Waals surface area contributed by atoms with Gasteiger partial charge in [-0.15, -0.1) is 0 Å². The van der Waals surface area contributed by atoms with Gasteiger partial charge in [-0.1, -0.05) is 57.9 Å². The first kappa shape index (κ1) is 13.4. The molecule has 2 nitrogen and oxygen atoms in total. The van der Waals surface area contributed by atoms with Gasteiger partial charge < -0.3 is 4.42 Å². The summed E-state index contributed by atoms with van der Waals surface area (Å²) in [6.07, 6.45) is 0. The lowest BCUT2D eigenvalue weighted by Gasteiger charge is -2.02. The standard InChI is InChI=1S/C16H11BrClNO/c1-10-2-4-11(5-3-10)14-15(20-16(18)19-14)12-6-8-13(17)9-7-12/h2-9H,1H3. The Hall–Kier alpha value is -1.58. The third kappa shape index (κ3) is 2.65. The molecule has 0 fully saturated rings. The van der Waals surface area contributed by atoms with Crippen LogP contribution in [0.4, 0.5) is 0 Å². The van der Waals surface area contributed by atoms with Crippen molar-refractivity contribution in [1.82, 2.24) is 4.98 Å². The maximum Gasteiger partial charge on any atom is 0.293 e. The molecule has 0 bridgehead atoms. The molecule has 0 atom stereocenters. The van der Waals surface area contributed by atoms with Crippen LogP contribution in [0.15, 0.2) is 57.4 Å². The van der Waals surface area contributed by atoms with Crippen LogP contribution in [0.2, 0.25) is 5.35 Å². The minimum atomic E-state index is 0.151. The van der Waals surface area contributed by atoms with Crippen molar-refractivity contribution < 1.29 is 4.42 Å². The molecule has 0 aliphatic carbocycles. The SMILES string of the molecule is Cc1ccc(-c2nc(Cl)oc2-c2ccc(Br)cc2)cc1. The van der Waals surface area contributed by atoms with Crippen LogP contribution in [0, 0.1) is 6.92 Å². The summed E-state index contributed by atoms with van der Waals surface area (Å²) in [5.74, 6) is 0.686. The predicted octanol–water partition coefficient (Wildman–Crippen LogP) is 5.73. The number of hydrogen-bond donors (Lipinski definition) is 0. The van der Waals surface area contributed by atoms with Gasteiger partial charge in [-0.3, -0.25) is 0 Å². The molecule has 0 radical (unpaired) electrons. The molecule has 20 heavy (non-hydrogen) atoms. The lowest BCUT2D eigenvalue weighted by Crippen LogP contribution is -1.83. The van der Waals surface area contributed by atoms with Gasteiger partial charge in [-0.2, -0.15) is 4.98 Å². The van der Waals surface area contributed by atoms with Crippen molar-refractivity contribution in [1.29, 1.82) is 0 Å². The number of oxazole rings is 1. The second-order valence-corrected chi connectivity index (χ2v) is 5.76. The Balaban J connectivity index is 2.12. The maximum absolute atomic E-state index is 5.94. The van der Waals surface area contributed by atoms with Gasteiger partial charge in [0.1, 0.15) is 5.69 Å². The third-order valence-electron chi connectivity index (χ3n) is 3.03. The van der Waals surface area contributed by atoms with Crippen LogP contribution < -0.4 is 0 Å². The van der Waals surface area contributed by atoms with Crippen molar-refractivity contribution in [3.05, 3.63) is 63.9 Å².